The molecular weight excluding hydrogens is 430 g/mol. The van der Waals surface area contributed by atoms with Gasteiger partial charge in [0.1, 0.15) is 23.4 Å². The zero-order valence-electron chi connectivity index (χ0n) is 15.9. The SMILES string of the molecule is COCC(Sc1cc(-n2c(=O)cc(C(F)(F)F)n(C)c2=O)c(F)cc1C#N)C(C)=O. The molecule has 1 aromatic carbocycles. The van der Waals surface area contributed by atoms with Crippen LogP contribution in [0, 0.1) is 17.1 Å². The molecule has 0 aliphatic rings. The zero-order chi connectivity index (χ0) is 22.8. The predicted molar refractivity (Wildman–Crippen MR) is 99.2 cm³/mol. The van der Waals surface area contributed by atoms with E-state index in [0.717, 1.165) is 30.9 Å². The van der Waals surface area contributed by atoms with E-state index in [0.29, 0.717) is 0 Å². The van der Waals surface area contributed by atoms with Crippen molar-refractivity contribution in [3.8, 4) is 11.8 Å². The second-order valence-corrected chi connectivity index (χ2v) is 7.37. The average molecular weight is 445 g/mol. The number of ether oxygens (including phenoxy) is 1. The van der Waals surface area contributed by atoms with Crippen LogP contribution in [0.4, 0.5) is 17.6 Å². The molecule has 0 aliphatic heterocycles. The van der Waals surface area contributed by atoms with E-state index in [2.05, 4.69) is 0 Å². The molecule has 2 rings (SSSR count). The highest BCUT2D eigenvalue weighted by Crippen LogP contribution is 2.31. The van der Waals surface area contributed by atoms with Crippen LogP contribution in [-0.4, -0.2) is 33.9 Å². The number of rotatable bonds is 6. The number of carbonyl (C=O) groups excluding carboxylic acids is 1. The summed E-state index contributed by atoms with van der Waals surface area (Å²) in [5, 5.41) is 8.49. The average Bonchev–Trinajstić information content (AvgIpc) is 2.65. The first-order chi connectivity index (χ1) is 13.9. The number of thioether (sulfide) groups is 1. The van der Waals surface area contributed by atoms with Crippen molar-refractivity contribution < 1.29 is 27.1 Å². The van der Waals surface area contributed by atoms with Crippen LogP contribution in [0.15, 0.2) is 32.7 Å². The molecule has 160 valence electrons. The van der Waals surface area contributed by atoms with Gasteiger partial charge in [-0.05, 0) is 19.1 Å². The Kier molecular flexibility index (Phi) is 6.89. The Morgan fingerprint density at radius 2 is 1.93 bits per heavy atom. The lowest BCUT2D eigenvalue weighted by Gasteiger charge is -2.17. The third kappa shape index (κ3) is 4.63. The van der Waals surface area contributed by atoms with Gasteiger partial charge in [-0.3, -0.25) is 14.2 Å². The van der Waals surface area contributed by atoms with Crippen molar-refractivity contribution in [2.75, 3.05) is 13.7 Å². The maximum Gasteiger partial charge on any atom is 0.431 e. The van der Waals surface area contributed by atoms with Crippen LogP contribution in [0.25, 0.3) is 5.69 Å². The van der Waals surface area contributed by atoms with Gasteiger partial charge in [0.15, 0.2) is 0 Å². The van der Waals surface area contributed by atoms with Gasteiger partial charge in [-0.2, -0.15) is 18.4 Å². The number of hydrogen-bond donors (Lipinski definition) is 0. The first kappa shape index (κ1) is 23.4. The Balaban J connectivity index is 2.74. The van der Waals surface area contributed by atoms with E-state index in [4.69, 9.17) is 4.74 Å². The third-order valence-corrected chi connectivity index (χ3v) is 5.41. The molecule has 1 heterocycles. The monoisotopic (exact) mass is 445 g/mol. The molecule has 1 aromatic heterocycles. The lowest BCUT2D eigenvalue weighted by molar-refractivity contribution is -0.144. The second-order valence-electron chi connectivity index (χ2n) is 6.13. The van der Waals surface area contributed by atoms with Crippen molar-refractivity contribution in [1.29, 1.82) is 5.26 Å². The van der Waals surface area contributed by atoms with Crippen molar-refractivity contribution in [3.63, 3.8) is 0 Å². The van der Waals surface area contributed by atoms with Crippen LogP contribution in [0.2, 0.25) is 0 Å². The summed E-state index contributed by atoms with van der Waals surface area (Å²) in [5.74, 6) is -1.47. The highest BCUT2D eigenvalue weighted by Gasteiger charge is 2.35. The van der Waals surface area contributed by atoms with E-state index in [-0.39, 0.29) is 38.0 Å². The Morgan fingerprint density at radius 3 is 2.43 bits per heavy atom. The molecular formula is C18H15F4N3O4S. The van der Waals surface area contributed by atoms with Crippen LogP contribution >= 0.6 is 11.8 Å². The van der Waals surface area contributed by atoms with Crippen molar-refractivity contribution in [2.24, 2.45) is 7.05 Å². The number of methoxy groups -OCH3 is 1. The number of Topliss-reactive ketones (excluding diaryl/α,β-unsaturated/α-hetero) is 1. The van der Waals surface area contributed by atoms with Gasteiger partial charge in [0.05, 0.1) is 23.1 Å². The van der Waals surface area contributed by atoms with E-state index in [9.17, 15) is 37.2 Å². The summed E-state index contributed by atoms with van der Waals surface area (Å²) >= 11 is 0.846. The van der Waals surface area contributed by atoms with Gasteiger partial charge < -0.3 is 4.74 Å². The number of aromatic nitrogens is 2. The number of alkyl halides is 3. The fraction of sp³-hybridized carbons (Fsp3) is 0.333. The second kappa shape index (κ2) is 8.85. The normalized spacial score (nSPS) is 12.5. The van der Waals surface area contributed by atoms with Gasteiger partial charge in [0, 0.05) is 25.1 Å². The summed E-state index contributed by atoms with van der Waals surface area (Å²) in [7, 11) is 2.14. The summed E-state index contributed by atoms with van der Waals surface area (Å²) in [5.41, 5.74) is -5.13. The number of hydrogen-bond acceptors (Lipinski definition) is 6. The molecule has 0 N–H and O–H groups in total. The zero-order valence-corrected chi connectivity index (χ0v) is 16.7. The van der Waals surface area contributed by atoms with E-state index < -0.39 is 39.9 Å². The fourth-order valence-corrected chi connectivity index (χ4v) is 3.65. The molecule has 0 saturated heterocycles. The summed E-state index contributed by atoms with van der Waals surface area (Å²) in [6.07, 6.45) is -4.97. The minimum absolute atomic E-state index is 0.0282. The highest BCUT2D eigenvalue weighted by molar-refractivity contribution is 8.00. The topological polar surface area (TPSA) is 94.1 Å². The molecule has 0 fully saturated rings. The van der Waals surface area contributed by atoms with Crippen LogP contribution < -0.4 is 11.2 Å². The lowest BCUT2D eigenvalue weighted by atomic mass is 10.2. The molecule has 0 saturated carbocycles. The van der Waals surface area contributed by atoms with Gasteiger partial charge in [0.25, 0.3) is 5.56 Å². The standard InChI is InChI=1S/C18H15F4N3O4S/c1-9(26)14(8-29-3)30-13-5-12(11(19)4-10(13)7-23)25-16(27)6-15(18(20,21)22)24(2)17(25)28/h4-6,14H,8H2,1-3H3. The highest BCUT2D eigenvalue weighted by atomic mass is 32.2. The first-order valence-electron chi connectivity index (χ1n) is 8.22. The molecule has 7 nitrogen and oxygen atoms in total. The van der Waals surface area contributed by atoms with Gasteiger partial charge in [-0.25, -0.2) is 13.8 Å². The Labute approximate surface area is 171 Å². The van der Waals surface area contributed by atoms with Crippen molar-refractivity contribution >= 4 is 17.5 Å². The van der Waals surface area contributed by atoms with Crippen molar-refractivity contribution in [3.05, 3.63) is 56.1 Å². The largest absolute Gasteiger partial charge is 0.431 e. The quantitative estimate of drug-likeness (QED) is 0.500. The number of benzene rings is 1. The molecule has 2 aromatic rings. The predicted octanol–water partition coefficient (Wildman–Crippen LogP) is 2.26. The smallest absolute Gasteiger partial charge is 0.383 e. The maximum atomic E-state index is 14.6. The number of carbonyl (C=O) groups is 1. The van der Waals surface area contributed by atoms with E-state index in [1.165, 1.54) is 14.0 Å². The third-order valence-electron chi connectivity index (χ3n) is 4.06. The molecule has 1 atom stereocenters. The minimum Gasteiger partial charge on any atom is -0.383 e. The van der Waals surface area contributed by atoms with Gasteiger partial charge in [-0.15, -0.1) is 11.8 Å². The Morgan fingerprint density at radius 1 is 1.30 bits per heavy atom. The molecule has 1 unspecified atom stereocenters. The fourth-order valence-electron chi connectivity index (χ4n) is 2.56. The molecule has 30 heavy (non-hydrogen) atoms. The summed E-state index contributed by atoms with van der Waals surface area (Å²) in [4.78, 5) is 36.5. The molecule has 0 amide bonds. The van der Waals surface area contributed by atoms with Crippen LogP contribution in [0.1, 0.15) is 18.2 Å². The Bertz CT molecular complexity index is 1150. The van der Waals surface area contributed by atoms with E-state index in [1.807, 2.05) is 0 Å². The van der Waals surface area contributed by atoms with Crippen molar-refractivity contribution in [1.82, 2.24) is 9.13 Å². The minimum atomic E-state index is -4.97. The number of nitriles is 1. The lowest BCUT2D eigenvalue weighted by Crippen LogP contribution is -2.41. The Hall–Kier alpha value is -2.91. The van der Waals surface area contributed by atoms with Gasteiger partial charge >= 0.3 is 11.9 Å². The van der Waals surface area contributed by atoms with Gasteiger partial charge in [-0.1, -0.05) is 0 Å². The molecule has 12 heteroatoms. The maximum absolute atomic E-state index is 14.6. The first-order valence-corrected chi connectivity index (χ1v) is 9.10. The van der Waals surface area contributed by atoms with E-state index in [1.54, 1.807) is 6.07 Å². The van der Waals surface area contributed by atoms with Gasteiger partial charge in [0.2, 0.25) is 0 Å². The van der Waals surface area contributed by atoms with Crippen LogP contribution in [0.5, 0.6) is 0 Å². The van der Waals surface area contributed by atoms with Crippen LogP contribution in [0.3, 0.4) is 0 Å². The number of ketones is 1. The molecule has 0 spiro atoms. The molecule has 0 bridgehead atoms. The number of halogens is 4. The summed E-state index contributed by atoms with van der Waals surface area (Å²) < 4.78 is 59.0. The van der Waals surface area contributed by atoms with E-state index >= 15 is 0 Å². The summed E-state index contributed by atoms with van der Waals surface area (Å²) in [6.45, 7) is 1.25. The molecule has 0 aliphatic carbocycles. The molecule has 0 radical (unpaired) electrons. The number of nitrogens with zero attached hydrogens (tertiary/aromatic N) is 3. The van der Waals surface area contributed by atoms with Crippen LogP contribution in [-0.2, 0) is 22.8 Å². The summed E-state index contributed by atoms with van der Waals surface area (Å²) in [6, 6.07) is 3.63. The van der Waals surface area contributed by atoms with Crippen molar-refractivity contribution in [2.45, 2.75) is 23.2 Å².